The first kappa shape index (κ1) is 12.4. The van der Waals surface area contributed by atoms with Gasteiger partial charge in [-0.25, -0.2) is 0 Å². The van der Waals surface area contributed by atoms with Gasteiger partial charge < -0.3 is 10.2 Å². The van der Waals surface area contributed by atoms with Gasteiger partial charge in [0.05, 0.1) is 6.42 Å². The average Bonchev–Trinajstić information content (AvgIpc) is 2.74. The standard InChI is InChI=1S/C15H18N2O2/c1-17-13-3-2-11(8-12(13)9-14(17)18)15(19)10-4-6-16-7-5-10/h2-3,8,10,16H,4-7,9H2,1H3. The third-order valence-electron chi connectivity index (χ3n) is 4.15. The Morgan fingerprint density at radius 1 is 1.32 bits per heavy atom. The average molecular weight is 258 g/mol. The minimum Gasteiger partial charge on any atom is -0.317 e. The van der Waals surface area contributed by atoms with E-state index in [9.17, 15) is 9.59 Å². The normalized spacial score (nSPS) is 19.6. The number of ketones is 1. The van der Waals surface area contributed by atoms with E-state index in [-0.39, 0.29) is 17.6 Å². The van der Waals surface area contributed by atoms with Crippen molar-refractivity contribution < 1.29 is 9.59 Å². The van der Waals surface area contributed by atoms with Gasteiger partial charge in [0.1, 0.15) is 0 Å². The molecule has 0 aromatic heterocycles. The first-order valence-electron chi connectivity index (χ1n) is 6.81. The van der Waals surface area contributed by atoms with Crippen LogP contribution in [-0.4, -0.2) is 31.8 Å². The monoisotopic (exact) mass is 258 g/mol. The number of piperidine rings is 1. The molecule has 2 aliphatic rings. The number of amides is 1. The summed E-state index contributed by atoms with van der Waals surface area (Å²) in [6.45, 7) is 1.84. The van der Waals surface area contributed by atoms with Crippen LogP contribution in [0.3, 0.4) is 0 Å². The summed E-state index contributed by atoms with van der Waals surface area (Å²) in [4.78, 5) is 25.7. The lowest BCUT2D eigenvalue weighted by Crippen LogP contribution is -2.31. The first-order valence-corrected chi connectivity index (χ1v) is 6.81. The molecule has 19 heavy (non-hydrogen) atoms. The number of rotatable bonds is 2. The fraction of sp³-hybridized carbons (Fsp3) is 0.467. The predicted molar refractivity (Wildman–Crippen MR) is 73.5 cm³/mol. The molecule has 0 atom stereocenters. The maximum Gasteiger partial charge on any atom is 0.231 e. The molecule has 0 aliphatic carbocycles. The number of Topliss-reactive ketones (excluding diaryl/α,β-unsaturated/α-hetero) is 1. The highest BCUT2D eigenvalue weighted by Crippen LogP contribution is 2.29. The van der Waals surface area contributed by atoms with Gasteiger partial charge in [-0.1, -0.05) is 0 Å². The van der Waals surface area contributed by atoms with Crippen molar-refractivity contribution in [3.05, 3.63) is 29.3 Å². The number of carbonyl (C=O) groups excluding carboxylic acids is 2. The number of hydrogen-bond donors (Lipinski definition) is 1. The van der Waals surface area contributed by atoms with Crippen LogP contribution in [0, 0.1) is 5.92 Å². The molecule has 1 N–H and O–H groups in total. The van der Waals surface area contributed by atoms with E-state index in [2.05, 4.69) is 5.32 Å². The first-order chi connectivity index (χ1) is 9.16. The van der Waals surface area contributed by atoms with Gasteiger partial charge in [0.25, 0.3) is 0 Å². The summed E-state index contributed by atoms with van der Waals surface area (Å²) in [6, 6.07) is 5.66. The summed E-state index contributed by atoms with van der Waals surface area (Å²) < 4.78 is 0. The van der Waals surface area contributed by atoms with Crippen molar-refractivity contribution in [2.24, 2.45) is 5.92 Å². The Hall–Kier alpha value is -1.68. The summed E-state index contributed by atoms with van der Waals surface area (Å²) in [6.07, 6.45) is 2.24. The molecule has 4 heteroatoms. The highest BCUT2D eigenvalue weighted by Gasteiger charge is 2.27. The molecule has 2 heterocycles. The molecular formula is C15H18N2O2. The summed E-state index contributed by atoms with van der Waals surface area (Å²) >= 11 is 0. The molecule has 0 spiro atoms. The SMILES string of the molecule is CN1C(=O)Cc2cc(C(=O)C3CCNCC3)ccc21. The second-order valence-electron chi connectivity index (χ2n) is 5.36. The molecular weight excluding hydrogens is 240 g/mol. The topological polar surface area (TPSA) is 49.4 Å². The van der Waals surface area contributed by atoms with Crippen LogP contribution in [0.25, 0.3) is 0 Å². The summed E-state index contributed by atoms with van der Waals surface area (Å²) in [5.41, 5.74) is 2.67. The van der Waals surface area contributed by atoms with Crippen molar-refractivity contribution in [2.75, 3.05) is 25.0 Å². The maximum atomic E-state index is 12.4. The molecule has 100 valence electrons. The largest absolute Gasteiger partial charge is 0.317 e. The summed E-state index contributed by atoms with van der Waals surface area (Å²) in [5, 5.41) is 3.27. The molecule has 1 aromatic carbocycles. The number of hydrogen-bond acceptors (Lipinski definition) is 3. The minimum atomic E-state index is 0.0986. The van der Waals surface area contributed by atoms with E-state index in [0.717, 1.165) is 42.7 Å². The van der Waals surface area contributed by atoms with Crippen molar-refractivity contribution in [3.63, 3.8) is 0 Å². The number of nitrogens with zero attached hydrogens (tertiary/aromatic N) is 1. The maximum absolute atomic E-state index is 12.4. The molecule has 1 saturated heterocycles. The molecule has 4 nitrogen and oxygen atoms in total. The minimum absolute atomic E-state index is 0.0986. The molecule has 1 fully saturated rings. The van der Waals surface area contributed by atoms with Gasteiger partial charge in [-0.15, -0.1) is 0 Å². The Morgan fingerprint density at radius 2 is 2.05 bits per heavy atom. The third-order valence-corrected chi connectivity index (χ3v) is 4.15. The molecule has 2 aliphatic heterocycles. The second-order valence-corrected chi connectivity index (χ2v) is 5.36. The molecule has 1 aromatic rings. The Kier molecular flexibility index (Phi) is 3.11. The number of benzene rings is 1. The number of anilines is 1. The number of fused-ring (bicyclic) bond motifs is 1. The van der Waals surface area contributed by atoms with Crippen LogP contribution >= 0.6 is 0 Å². The van der Waals surface area contributed by atoms with Crippen LogP contribution in [0.15, 0.2) is 18.2 Å². The van der Waals surface area contributed by atoms with E-state index in [1.165, 1.54) is 0 Å². The summed E-state index contributed by atoms with van der Waals surface area (Å²) in [5.74, 6) is 0.460. The van der Waals surface area contributed by atoms with Crippen LogP contribution in [0.4, 0.5) is 5.69 Å². The number of carbonyl (C=O) groups is 2. The Morgan fingerprint density at radius 3 is 2.79 bits per heavy atom. The van der Waals surface area contributed by atoms with Crippen LogP contribution in [-0.2, 0) is 11.2 Å². The van der Waals surface area contributed by atoms with E-state index in [1.807, 2.05) is 18.2 Å². The zero-order valence-corrected chi connectivity index (χ0v) is 11.1. The molecule has 0 unspecified atom stereocenters. The Bertz CT molecular complexity index is 533. The zero-order valence-electron chi connectivity index (χ0n) is 11.1. The predicted octanol–water partition coefficient (Wildman–Crippen LogP) is 1.39. The number of nitrogens with one attached hydrogen (secondary N) is 1. The molecule has 3 rings (SSSR count). The third kappa shape index (κ3) is 2.16. The lowest BCUT2D eigenvalue weighted by molar-refractivity contribution is -0.117. The van der Waals surface area contributed by atoms with Crippen LogP contribution in [0.2, 0.25) is 0 Å². The fourth-order valence-electron chi connectivity index (χ4n) is 2.94. The van der Waals surface area contributed by atoms with E-state index in [4.69, 9.17) is 0 Å². The van der Waals surface area contributed by atoms with Gasteiger partial charge >= 0.3 is 0 Å². The highest BCUT2D eigenvalue weighted by molar-refractivity contribution is 6.03. The fourth-order valence-corrected chi connectivity index (χ4v) is 2.94. The van der Waals surface area contributed by atoms with Crippen molar-refractivity contribution in [2.45, 2.75) is 19.3 Å². The van der Waals surface area contributed by atoms with E-state index >= 15 is 0 Å². The van der Waals surface area contributed by atoms with Crippen LogP contribution in [0.5, 0.6) is 0 Å². The van der Waals surface area contributed by atoms with Crippen molar-refractivity contribution in [1.82, 2.24) is 5.32 Å². The quantitative estimate of drug-likeness (QED) is 0.815. The zero-order chi connectivity index (χ0) is 13.4. The Balaban J connectivity index is 1.85. The van der Waals surface area contributed by atoms with Crippen molar-refractivity contribution in [3.8, 4) is 0 Å². The summed E-state index contributed by atoms with van der Waals surface area (Å²) in [7, 11) is 1.78. The van der Waals surface area contributed by atoms with Gasteiger partial charge in [0.2, 0.25) is 5.91 Å². The van der Waals surface area contributed by atoms with Crippen LogP contribution in [0.1, 0.15) is 28.8 Å². The van der Waals surface area contributed by atoms with E-state index in [1.54, 1.807) is 11.9 Å². The molecule has 0 radical (unpaired) electrons. The smallest absolute Gasteiger partial charge is 0.231 e. The lowest BCUT2D eigenvalue weighted by Gasteiger charge is -2.21. The van der Waals surface area contributed by atoms with Crippen LogP contribution < -0.4 is 10.2 Å². The van der Waals surface area contributed by atoms with E-state index in [0.29, 0.717) is 6.42 Å². The van der Waals surface area contributed by atoms with Gasteiger partial charge in [0, 0.05) is 24.2 Å². The van der Waals surface area contributed by atoms with Gasteiger partial charge in [0.15, 0.2) is 5.78 Å². The van der Waals surface area contributed by atoms with Gasteiger partial charge in [-0.3, -0.25) is 9.59 Å². The molecule has 0 saturated carbocycles. The molecule has 0 bridgehead atoms. The van der Waals surface area contributed by atoms with Gasteiger partial charge in [-0.05, 0) is 49.7 Å². The second kappa shape index (κ2) is 4.78. The van der Waals surface area contributed by atoms with Gasteiger partial charge in [-0.2, -0.15) is 0 Å². The lowest BCUT2D eigenvalue weighted by atomic mass is 9.89. The number of likely N-dealkylation sites (N-methyl/N-ethyl adjacent to an activating group) is 1. The van der Waals surface area contributed by atoms with Crippen molar-refractivity contribution in [1.29, 1.82) is 0 Å². The Labute approximate surface area is 112 Å². The highest BCUT2D eigenvalue weighted by atomic mass is 16.2. The van der Waals surface area contributed by atoms with E-state index < -0.39 is 0 Å². The van der Waals surface area contributed by atoms with Crippen molar-refractivity contribution >= 4 is 17.4 Å². The molecule has 1 amide bonds.